The van der Waals surface area contributed by atoms with Crippen molar-refractivity contribution in [2.24, 2.45) is 5.41 Å². The summed E-state index contributed by atoms with van der Waals surface area (Å²) in [7, 11) is 2.45. The molecule has 100 valence electrons. The molecule has 0 saturated heterocycles. The molecule has 0 spiro atoms. The minimum Gasteiger partial charge on any atom is -0.468 e. The lowest BCUT2D eigenvalue weighted by atomic mass is 9.83. The van der Waals surface area contributed by atoms with Crippen molar-refractivity contribution in [3.63, 3.8) is 0 Å². The van der Waals surface area contributed by atoms with Crippen molar-refractivity contribution in [1.82, 2.24) is 0 Å². The van der Waals surface area contributed by atoms with Gasteiger partial charge in [-0.2, -0.15) is 0 Å². The molecule has 1 rings (SSSR count). The zero-order valence-electron chi connectivity index (χ0n) is 11.2. The quantitative estimate of drug-likeness (QED) is 0.560. The molecule has 0 aromatic carbocycles. The number of ether oxygens (including phenoxy) is 2. The highest BCUT2D eigenvalue weighted by Crippen LogP contribution is 2.45. The van der Waals surface area contributed by atoms with Crippen molar-refractivity contribution < 1.29 is 23.9 Å². The van der Waals surface area contributed by atoms with Crippen LogP contribution in [0.15, 0.2) is 11.1 Å². The summed E-state index contributed by atoms with van der Waals surface area (Å²) >= 11 is 0. The minimum absolute atomic E-state index is 0.0743. The van der Waals surface area contributed by atoms with Gasteiger partial charge in [0.05, 0.1) is 14.2 Å². The Kier molecular flexibility index (Phi) is 4.27. The van der Waals surface area contributed by atoms with Gasteiger partial charge in [-0.1, -0.05) is 12.5 Å². The number of rotatable bonds is 4. The SMILES string of the molecule is CCC1=C(C(C)=O)CC(C(=O)OC)(C(=O)OC)C1. The van der Waals surface area contributed by atoms with Crippen molar-refractivity contribution in [3.8, 4) is 0 Å². The number of carbonyl (C=O) groups is 3. The fraction of sp³-hybridized carbons (Fsp3) is 0.615. The summed E-state index contributed by atoms with van der Waals surface area (Å²) in [6.07, 6.45) is 0.910. The molecule has 0 aliphatic heterocycles. The van der Waals surface area contributed by atoms with Crippen LogP contribution in [0.25, 0.3) is 0 Å². The highest BCUT2D eigenvalue weighted by atomic mass is 16.5. The van der Waals surface area contributed by atoms with Crippen molar-refractivity contribution in [1.29, 1.82) is 0 Å². The van der Waals surface area contributed by atoms with Crippen molar-refractivity contribution in [3.05, 3.63) is 11.1 Å². The number of allylic oxidation sites excluding steroid dienone is 2. The Hall–Kier alpha value is -1.65. The van der Waals surface area contributed by atoms with Crippen LogP contribution in [0.2, 0.25) is 0 Å². The van der Waals surface area contributed by atoms with E-state index in [1.807, 2.05) is 6.92 Å². The van der Waals surface area contributed by atoms with E-state index >= 15 is 0 Å². The first kappa shape index (κ1) is 14.4. The number of esters is 2. The smallest absolute Gasteiger partial charge is 0.323 e. The van der Waals surface area contributed by atoms with Crippen molar-refractivity contribution in [2.45, 2.75) is 33.1 Å². The van der Waals surface area contributed by atoms with E-state index in [0.29, 0.717) is 12.0 Å². The summed E-state index contributed by atoms with van der Waals surface area (Å²) in [5.74, 6) is -1.39. The van der Waals surface area contributed by atoms with Crippen molar-refractivity contribution in [2.75, 3.05) is 14.2 Å². The van der Waals surface area contributed by atoms with Gasteiger partial charge >= 0.3 is 11.9 Å². The Morgan fingerprint density at radius 3 is 1.89 bits per heavy atom. The molecule has 1 aliphatic carbocycles. The molecule has 5 nitrogen and oxygen atoms in total. The molecule has 0 saturated carbocycles. The molecule has 0 N–H and O–H groups in total. The van der Waals surface area contributed by atoms with E-state index in [1.165, 1.54) is 21.1 Å². The number of hydrogen-bond donors (Lipinski definition) is 0. The van der Waals surface area contributed by atoms with E-state index in [1.54, 1.807) is 0 Å². The molecular formula is C13H18O5. The standard InChI is InChI=1S/C13H18O5/c1-5-9-6-13(11(15)17-3,12(16)18-4)7-10(9)8(2)14/h5-7H2,1-4H3. The molecule has 0 bridgehead atoms. The van der Waals surface area contributed by atoms with Gasteiger partial charge in [-0.25, -0.2) is 0 Å². The lowest BCUT2D eigenvalue weighted by Gasteiger charge is -2.23. The Balaban J connectivity index is 3.18. The molecule has 0 aromatic rings. The second kappa shape index (κ2) is 5.33. The zero-order valence-corrected chi connectivity index (χ0v) is 11.2. The van der Waals surface area contributed by atoms with E-state index in [2.05, 4.69) is 0 Å². The van der Waals surface area contributed by atoms with Crippen LogP contribution in [0, 0.1) is 5.41 Å². The number of hydrogen-bond acceptors (Lipinski definition) is 5. The Morgan fingerprint density at radius 2 is 1.61 bits per heavy atom. The Bertz CT molecular complexity index is 403. The lowest BCUT2D eigenvalue weighted by molar-refractivity contribution is -0.168. The Labute approximate surface area is 106 Å². The number of ketones is 1. The van der Waals surface area contributed by atoms with Crippen LogP contribution in [0.4, 0.5) is 0 Å². The van der Waals surface area contributed by atoms with Gasteiger partial charge in [0.1, 0.15) is 0 Å². The highest BCUT2D eigenvalue weighted by molar-refractivity contribution is 6.05. The normalized spacial score (nSPS) is 17.6. The average molecular weight is 254 g/mol. The zero-order chi connectivity index (χ0) is 13.9. The molecule has 1 aliphatic rings. The molecule has 0 radical (unpaired) electrons. The third-order valence-electron chi connectivity index (χ3n) is 3.42. The van der Waals surface area contributed by atoms with Crippen LogP contribution in [-0.2, 0) is 23.9 Å². The summed E-state index contributed by atoms with van der Waals surface area (Å²) in [5.41, 5.74) is 0.00199. The molecule has 0 fully saturated rings. The maximum Gasteiger partial charge on any atom is 0.323 e. The molecule has 0 atom stereocenters. The van der Waals surface area contributed by atoms with Crippen LogP contribution in [0.3, 0.4) is 0 Å². The maximum atomic E-state index is 11.9. The molecule has 18 heavy (non-hydrogen) atoms. The number of Topliss-reactive ketones (excluding diaryl/α,β-unsaturated/α-hetero) is 1. The van der Waals surface area contributed by atoms with Crippen LogP contribution in [-0.4, -0.2) is 31.9 Å². The monoisotopic (exact) mass is 254 g/mol. The maximum absolute atomic E-state index is 11.9. The van der Waals surface area contributed by atoms with Gasteiger partial charge in [0.15, 0.2) is 11.2 Å². The van der Waals surface area contributed by atoms with Crippen molar-refractivity contribution >= 4 is 17.7 Å². The van der Waals surface area contributed by atoms with Gasteiger partial charge in [-0.05, 0) is 25.3 Å². The van der Waals surface area contributed by atoms with Crippen LogP contribution < -0.4 is 0 Å². The van der Waals surface area contributed by atoms with Gasteiger partial charge in [-0.15, -0.1) is 0 Å². The molecule has 0 heterocycles. The minimum atomic E-state index is -1.38. The molecule has 5 heteroatoms. The van der Waals surface area contributed by atoms with Crippen LogP contribution in [0.5, 0.6) is 0 Å². The highest BCUT2D eigenvalue weighted by Gasteiger charge is 2.53. The number of methoxy groups -OCH3 is 2. The topological polar surface area (TPSA) is 69.7 Å². The fourth-order valence-electron chi connectivity index (χ4n) is 2.43. The first-order valence-corrected chi connectivity index (χ1v) is 5.81. The number of carbonyl (C=O) groups excluding carboxylic acids is 3. The van der Waals surface area contributed by atoms with E-state index in [4.69, 9.17) is 9.47 Å². The van der Waals surface area contributed by atoms with Gasteiger partial charge in [-0.3, -0.25) is 14.4 Å². The van der Waals surface area contributed by atoms with E-state index in [0.717, 1.165) is 5.57 Å². The second-order valence-electron chi connectivity index (χ2n) is 4.41. The predicted molar refractivity (Wildman–Crippen MR) is 63.7 cm³/mol. The second-order valence-corrected chi connectivity index (χ2v) is 4.41. The third kappa shape index (κ3) is 2.17. The average Bonchev–Trinajstić information content (AvgIpc) is 2.77. The predicted octanol–water partition coefficient (Wildman–Crippen LogP) is 1.41. The lowest BCUT2D eigenvalue weighted by Crippen LogP contribution is -2.39. The third-order valence-corrected chi connectivity index (χ3v) is 3.42. The summed E-state index contributed by atoms with van der Waals surface area (Å²) in [6.45, 7) is 3.33. The van der Waals surface area contributed by atoms with Gasteiger partial charge in [0, 0.05) is 6.42 Å². The van der Waals surface area contributed by atoms with E-state index in [9.17, 15) is 14.4 Å². The fourth-order valence-corrected chi connectivity index (χ4v) is 2.43. The summed E-state index contributed by atoms with van der Waals surface area (Å²) < 4.78 is 9.41. The van der Waals surface area contributed by atoms with Crippen LogP contribution >= 0.6 is 0 Å². The molecular weight excluding hydrogens is 236 g/mol. The van der Waals surface area contributed by atoms with Gasteiger partial charge in [0.25, 0.3) is 0 Å². The summed E-state index contributed by atoms with van der Waals surface area (Å²) in [6, 6.07) is 0. The van der Waals surface area contributed by atoms with Gasteiger partial charge < -0.3 is 9.47 Å². The summed E-state index contributed by atoms with van der Waals surface area (Å²) in [4.78, 5) is 35.4. The van der Waals surface area contributed by atoms with Gasteiger partial charge in [0.2, 0.25) is 0 Å². The first-order valence-electron chi connectivity index (χ1n) is 5.81. The largest absolute Gasteiger partial charge is 0.468 e. The molecule has 0 aromatic heterocycles. The summed E-state index contributed by atoms with van der Waals surface area (Å²) in [5, 5.41) is 0. The van der Waals surface area contributed by atoms with E-state index in [-0.39, 0.29) is 18.6 Å². The van der Waals surface area contributed by atoms with Crippen LogP contribution in [0.1, 0.15) is 33.1 Å². The first-order chi connectivity index (χ1) is 8.42. The molecule has 0 amide bonds. The Morgan fingerprint density at radius 1 is 1.11 bits per heavy atom. The molecule has 0 unspecified atom stereocenters. The van der Waals surface area contributed by atoms with E-state index < -0.39 is 17.4 Å².